The fraction of sp³-hybridized carbons (Fsp3) is 0.0690. The second-order valence-electron chi connectivity index (χ2n) is 8.44. The smallest absolute Gasteiger partial charge is 0.255 e. The van der Waals surface area contributed by atoms with Gasteiger partial charge in [-0.2, -0.15) is 0 Å². The van der Waals surface area contributed by atoms with Gasteiger partial charge in [-0.1, -0.05) is 66.2 Å². The van der Waals surface area contributed by atoms with E-state index in [0.717, 1.165) is 0 Å². The maximum Gasteiger partial charge on any atom is 0.255 e. The molecule has 0 spiro atoms. The number of carbonyl (C=O) groups excluding carboxylic acids is 3. The van der Waals surface area contributed by atoms with E-state index >= 15 is 0 Å². The number of benzene rings is 4. The Labute approximate surface area is 212 Å². The summed E-state index contributed by atoms with van der Waals surface area (Å²) in [5.41, 5.74) is 3.07. The van der Waals surface area contributed by atoms with Crippen LogP contribution in [0.5, 0.6) is 0 Å². The van der Waals surface area contributed by atoms with Gasteiger partial charge in [-0.15, -0.1) is 0 Å². The minimum Gasteiger partial charge on any atom is -0.324 e. The minimum absolute atomic E-state index is 0.156. The van der Waals surface area contributed by atoms with Crippen molar-refractivity contribution in [3.8, 4) is 0 Å². The van der Waals surface area contributed by atoms with Crippen LogP contribution < -0.4 is 5.32 Å². The van der Waals surface area contributed by atoms with E-state index in [0.29, 0.717) is 38.5 Å². The van der Waals surface area contributed by atoms with Gasteiger partial charge in [0.15, 0.2) is 5.78 Å². The number of carbonyl (C=O) groups is 3. The van der Waals surface area contributed by atoms with E-state index in [1.54, 1.807) is 78.9 Å². The lowest BCUT2D eigenvalue weighted by molar-refractivity contribution is -0.117. The first-order valence-corrected chi connectivity index (χ1v) is 11.6. The van der Waals surface area contributed by atoms with E-state index in [-0.39, 0.29) is 18.2 Å². The molecule has 0 fully saturated rings. The van der Waals surface area contributed by atoms with Crippen LogP contribution in [0.4, 0.5) is 10.1 Å². The molecule has 4 aromatic rings. The van der Waals surface area contributed by atoms with Crippen molar-refractivity contribution < 1.29 is 18.8 Å². The molecule has 0 aromatic heterocycles. The summed E-state index contributed by atoms with van der Waals surface area (Å²) in [7, 11) is 0. The molecule has 0 saturated carbocycles. The summed E-state index contributed by atoms with van der Waals surface area (Å²) in [6.07, 6.45) is 0. The third kappa shape index (κ3) is 4.63. The standard InChI is InChI=1S/C29H20ClFN2O3/c30-22-12-15-25-24(16-22)27(18-10-13-23(31)14-11-18)33(17-26(34)32-25)29(36)21-8-6-20(7-9-21)28(35)19-4-2-1-3-5-19/h1-16,27H,17H2,(H,32,34). The lowest BCUT2D eigenvalue weighted by Crippen LogP contribution is -2.39. The number of hydrogen-bond donors (Lipinski definition) is 1. The van der Waals surface area contributed by atoms with Gasteiger partial charge in [-0.3, -0.25) is 14.4 Å². The summed E-state index contributed by atoms with van der Waals surface area (Å²) < 4.78 is 13.7. The van der Waals surface area contributed by atoms with Gasteiger partial charge in [0.05, 0.1) is 6.04 Å². The summed E-state index contributed by atoms with van der Waals surface area (Å²) >= 11 is 6.28. The zero-order chi connectivity index (χ0) is 25.2. The Morgan fingerprint density at radius 2 is 1.47 bits per heavy atom. The Bertz CT molecular complexity index is 1450. The molecule has 5 nitrogen and oxygen atoms in total. The number of amides is 2. The number of hydrogen-bond acceptors (Lipinski definition) is 3. The lowest BCUT2D eigenvalue weighted by atomic mass is 9.95. The molecule has 1 N–H and O–H groups in total. The predicted octanol–water partition coefficient (Wildman–Crippen LogP) is 5.89. The molecule has 1 aliphatic rings. The van der Waals surface area contributed by atoms with Crippen molar-refractivity contribution in [3.63, 3.8) is 0 Å². The van der Waals surface area contributed by atoms with Crippen molar-refractivity contribution in [1.82, 2.24) is 4.90 Å². The van der Waals surface area contributed by atoms with Crippen LogP contribution in [0.15, 0.2) is 97.1 Å². The Hall–Kier alpha value is -4.29. The Kier molecular flexibility index (Phi) is 6.36. The molecule has 1 atom stereocenters. The van der Waals surface area contributed by atoms with Gasteiger partial charge >= 0.3 is 0 Å². The molecule has 0 radical (unpaired) electrons. The van der Waals surface area contributed by atoms with E-state index < -0.39 is 17.8 Å². The summed E-state index contributed by atoms with van der Waals surface area (Å²) in [6.45, 7) is -0.224. The van der Waals surface area contributed by atoms with Gasteiger partial charge in [-0.05, 0) is 48.0 Å². The molecule has 2 amide bonds. The molecule has 36 heavy (non-hydrogen) atoms. The number of halogens is 2. The van der Waals surface area contributed by atoms with Gasteiger partial charge in [0.25, 0.3) is 5.91 Å². The SMILES string of the molecule is O=C1CN(C(=O)c2ccc(C(=O)c3ccccc3)cc2)C(c2ccc(F)cc2)c2cc(Cl)ccc2N1. The van der Waals surface area contributed by atoms with E-state index in [9.17, 15) is 18.8 Å². The quantitative estimate of drug-likeness (QED) is 0.356. The lowest BCUT2D eigenvalue weighted by Gasteiger charge is -2.31. The van der Waals surface area contributed by atoms with E-state index in [2.05, 4.69) is 5.32 Å². The summed E-state index contributed by atoms with van der Waals surface area (Å²) in [5.74, 6) is -1.35. The zero-order valence-electron chi connectivity index (χ0n) is 18.9. The van der Waals surface area contributed by atoms with Gasteiger partial charge in [0.2, 0.25) is 5.91 Å². The van der Waals surface area contributed by atoms with Crippen LogP contribution in [0.25, 0.3) is 0 Å². The number of rotatable bonds is 4. The van der Waals surface area contributed by atoms with E-state index in [1.807, 2.05) is 6.07 Å². The molecule has 1 heterocycles. The number of fused-ring (bicyclic) bond motifs is 1. The molecule has 0 aliphatic carbocycles. The van der Waals surface area contributed by atoms with E-state index in [1.165, 1.54) is 17.0 Å². The van der Waals surface area contributed by atoms with Crippen molar-refractivity contribution in [1.29, 1.82) is 0 Å². The van der Waals surface area contributed by atoms with Crippen molar-refractivity contribution in [2.24, 2.45) is 0 Å². The first-order valence-electron chi connectivity index (χ1n) is 11.3. The van der Waals surface area contributed by atoms with Crippen LogP contribution in [0.1, 0.15) is 43.4 Å². The molecule has 0 bridgehead atoms. The summed E-state index contributed by atoms with van der Waals surface area (Å²) in [5, 5.41) is 3.27. The van der Waals surface area contributed by atoms with Crippen molar-refractivity contribution in [3.05, 3.63) is 136 Å². The highest BCUT2D eigenvalue weighted by Gasteiger charge is 2.34. The van der Waals surface area contributed by atoms with Crippen LogP contribution in [0.3, 0.4) is 0 Å². The molecule has 1 aliphatic heterocycles. The fourth-order valence-corrected chi connectivity index (χ4v) is 4.54. The van der Waals surface area contributed by atoms with Crippen molar-refractivity contribution in [2.45, 2.75) is 6.04 Å². The maximum atomic E-state index is 13.7. The second kappa shape index (κ2) is 9.76. The van der Waals surface area contributed by atoms with Crippen molar-refractivity contribution >= 4 is 34.9 Å². The number of nitrogens with zero attached hydrogens (tertiary/aromatic N) is 1. The Balaban J connectivity index is 1.54. The maximum absolute atomic E-state index is 13.7. The number of anilines is 1. The largest absolute Gasteiger partial charge is 0.324 e. The molecule has 4 aromatic carbocycles. The highest BCUT2D eigenvalue weighted by atomic mass is 35.5. The van der Waals surface area contributed by atoms with Crippen LogP contribution in [-0.2, 0) is 4.79 Å². The van der Waals surface area contributed by atoms with Crippen LogP contribution in [0.2, 0.25) is 5.02 Å². The van der Waals surface area contributed by atoms with Crippen LogP contribution in [-0.4, -0.2) is 29.0 Å². The second-order valence-corrected chi connectivity index (χ2v) is 8.88. The normalized spacial score (nSPS) is 15.0. The molecule has 178 valence electrons. The summed E-state index contributed by atoms with van der Waals surface area (Å²) in [6, 6.07) is 25.3. The topological polar surface area (TPSA) is 66.5 Å². The Morgan fingerprint density at radius 1 is 0.833 bits per heavy atom. The molecular formula is C29H20ClFN2O3. The van der Waals surface area contributed by atoms with E-state index in [4.69, 9.17) is 11.6 Å². The summed E-state index contributed by atoms with van der Waals surface area (Å²) in [4.78, 5) is 40.7. The molecule has 7 heteroatoms. The van der Waals surface area contributed by atoms with Gasteiger partial charge < -0.3 is 10.2 Å². The first kappa shape index (κ1) is 23.5. The molecular weight excluding hydrogens is 479 g/mol. The van der Waals surface area contributed by atoms with Crippen LogP contribution >= 0.6 is 11.6 Å². The third-order valence-corrected chi connectivity index (χ3v) is 6.32. The average molecular weight is 499 g/mol. The number of ketones is 1. The van der Waals surface area contributed by atoms with Gasteiger partial charge in [0, 0.05) is 33.0 Å². The first-order chi connectivity index (χ1) is 17.4. The van der Waals surface area contributed by atoms with Crippen molar-refractivity contribution in [2.75, 3.05) is 11.9 Å². The highest BCUT2D eigenvalue weighted by Crippen LogP contribution is 2.38. The molecule has 5 rings (SSSR count). The number of nitrogens with one attached hydrogen (secondary N) is 1. The highest BCUT2D eigenvalue weighted by molar-refractivity contribution is 6.30. The van der Waals surface area contributed by atoms with Gasteiger partial charge in [0.1, 0.15) is 12.4 Å². The predicted molar refractivity (Wildman–Crippen MR) is 136 cm³/mol. The van der Waals surface area contributed by atoms with Gasteiger partial charge in [-0.25, -0.2) is 4.39 Å². The minimum atomic E-state index is -0.698. The third-order valence-electron chi connectivity index (χ3n) is 6.08. The average Bonchev–Trinajstić information content (AvgIpc) is 3.04. The molecule has 1 unspecified atom stereocenters. The molecule has 0 saturated heterocycles. The Morgan fingerprint density at radius 3 is 2.17 bits per heavy atom. The fourth-order valence-electron chi connectivity index (χ4n) is 4.36. The monoisotopic (exact) mass is 498 g/mol. The zero-order valence-corrected chi connectivity index (χ0v) is 19.7. The van der Waals surface area contributed by atoms with Crippen LogP contribution in [0, 0.1) is 5.82 Å².